The Labute approximate surface area is 358 Å². The molecule has 3 heteroatoms. The minimum Gasteiger partial charge on any atom is -0.214 e. The Morgan fingerprint density at radius 2 is 0.857 bits per heavy atom. The van der Waals surface area contributed by atoms with E-state index in [4.69, 9.17) is 17.0 Å². The van der Waals surface area contributed by atoms with E-state index in [9.17, 15) is 0 Å². The molecule has 0 amide bonds. The molecule has 0 aliphatic rings. The molecule has 0 bridgehead atoms. The Bertz CT molecular complexity index is 1940. The van der Waals surface area contributed by atoms with E-state index in [0.29, 0.717) is 0 Å². The zero-order chi connectivity index (χ0) is 42.5. The molecule has 0 radical (unpaired) electrons. The zero-order valence-electron chi connectivity index (χ0n) is 37.3. The van der Waals surface area contributed by atoms with Crippen LogP contribution < -0.4 is 0 Å². The molecule has 6 aromatic rings. The molecule has 0 saturated heterocycles. The third-order valence-corrected chi connectivity index (χ3v) is 9.75. The first-order valence-corrected chi connectivity index (χ1v) is 28.3. The molecular formula is C53H70Cl2Zr-4. The van der Waals surface area contributed by atoms with Gasteiger partial charge in [0.25, 0.3) is 0 Å². The maximum absolute atomic E-state index is 5.13. The molecule has 0 aromatic heterocycles. The Kier molecular flexibility index (Phi) is 20.0. The fourth-order valence-corrected chi connectivity index (χ4v) is 7.29. The summed E-state index contributed by atoms with van der Waals surface area (Å²) in [6, 6.07) is 31.7. The van der Waals surface area contributed by atoms with E-state index in [1.165, 1.54) is 101 Å². The topological polar surface area (TPSA) is 0 Å². The Balaban J connectivity index is 0.000000532. The van der Waals surface area contributed by atoms with Gasteiger partial charge in [-0.3, -0.25) is 0 Å². The predicted octanol–water partition coefficient (Wildman–Crippen LogP) is 17.5. The SMILES string of the molecule is Cc1cc(C)c(-c2cc3[cH-]c4cc(-c5c(C)cc(C)cc5C)c(C(C)(C)C)cc4c3cc2C(C)(C)C)c(C)c1.[CH2-]CCC.[CH2-]CCC.[CH2]=[Zr]([Cl])[Cl].c1cc[cH-]c1. The maximum Gasteiger partial charge on any atom is -0.172 e. The normalized spacial score (nSPS) is 11.0. The van der Waals surface area contributed by atoms with Crippen molar-refractivity contribution in [3.8, 4) is 22.3 Å². The van der Waals surface area contributed by atoms with E-state index < -0.39 is 18.9 Å². The van der Waals surface area contributed by atoms with Crippen LogP contribution in [0.15, 0.2) is 84.9 Å². The first-order chi connectivity index (χ1) is 26.1. The van der Waals surface area contributed by atoms with Crippen molar-refractivity contribution in [1.82, 2.24) is 0 Å². The summed E-state index contributed by atoms with van der Waals surface area (Å²) in [5.74, 6) is 0. The summed E-state index contributed by atoms with van der Waals surface area (Å²) in [5, 5.41) is 5.41. The number of rotatable bonds is 4. The smallest absolute Gasteiger partial charge is 0.172 e. The van der Waals surface area contributed by atoms with Gasteiger partial charge in [-0.05, 0) is 108 Å². The summed E-state index contributed by atoms with van der Waals surface area (Å²) in [6.45, 7) is 39.0. The summed E-state index contributed by atoms with van der Waals surface area (Å²) in [6.07, 6.45) is 4.56. The van der Waals surface area contributed by atoms with Gasteiger partial charge < -0.3 is 13.8 Å². The number of halogens is 2. The van der Waals surface area contributed by atoms with E-state index >= 15 is 0 Å². The fourth-order valence-electron chi connectivity index (χ4n) is 7.29. The molecule has 6 aromatic carbocycles. The standard InChI is InChI=1S/C39H45.C5H5.2C4H9.CH2.2ClH.Zr/c1-22-13-24(3)36(25(4)14-22)32-18-28-17-29-19-33(37-26(5)15-23(2)16-27(37)6)35(39(10,11)12)21-31(29)30(28)20-34(32)38(7,8)9;1-2-4-5-3-1;2*1-3-4-2;;;;/h13-21H,1-12H3;1-5H;2*1,3-4H2,2H3;1H2;2*1H;/q4*-1;;;;+2/p-2. The van der Waals surface area contributed by atoms with Crippen molar-refractivity contribution < 1.29 is 18.9 Å². The quantitative estimate of drug-likeness (QED) is 0.155. The first kappa shape index (κ1) is 49.6. The van der Waals surface area contributed by atoms with Crippen LogP contribution in [0.25, 0.3) is 43.8 Å². The Hall–Kier alpha value is -2.57. The molecule has 0 aliphatic carbocycles. The number of aryl methyl sites for hydroxylation is 6. The van der Waals surface area contributed by atoms with E-state index in [1.807, 2.05) is 30.3 Å². The van der Waals surface area contributed by atoms with Gasteiger partial charge in [0.1, 0.15) is 0 Å². The molecule has 0 N–H and O–H groups in total. The van der Waals surface area contributed by atoms with Crippen LogP contribution in [0, 0.1) is 55.4 Å². The maximum atomic E-state index is 5.13. The second-order valence-corrected chi connectivity index (χ2v) is 25.4. The Morgan fingerprint density at radius 3 is 1.07 bits per heavy atom. The van der Waals surface area contributed by atoms with Crippen LogP contribution in [0.3, 0.4) is 0 Å². The molecule has 0 unspecified atom stereocenters. The van der Waals surface area contributed by atoms with Crippen LogP contribution in [0.4, 0.5) is 0 Å². The van der Waals surface area contributed by atoms with Crippen LogP contribution in [-0.4, -0.2) is 4.21 Å². The van der Waals surface area contributed by atoms with Gasteiger partial charge in [0.05, 0.1) is 0 Å². The molecule has 0 saturated carbocycles. The second kappa shape index (κ2) is 22.5. The average molecular weight is 869 g/mol. The van der Waals surface area contributed by atoms with Crippen LogP contribution >= 0.6 is 17.0 Å². The van der Waals surface area contributed by atoms with Crippen LogP contribution in [0.5, 0.6) is 0 Å². The molecule has 0 aliphatic heterocycles. The van der Waals surface area contributed by atoms with Crippen molar-refractivity contribution in [2.24, 2.45) is 0 Å². The number of hydrogen-bond donors (Lipinski definition) is 0. The summed E-state index contributed by atoms with van der Waals surface area (Å²) < 4.78 is 3.37. The number of fused-ring (bicyclic) bond motifs is 3. The summed E-state index contributed by atoms with van der Waals surface area (Å²) in [7, 11) is 10.3. The van der Waals surface area contributed by atoms with Gasteiger partial charge in [-0.15, -0.1) is 39.7 Å². The zero-order valence-corrected chi connectivity index (χ0v) is 41.3. The van der Waals surface area contributed by atoms with Gasteiger partial charge >= 0.3 is 40.1 Å². The van der Waals surface area contributed by atoms with Crippen molar-refractivity contribution in [2.75, 3.05) is 0 Å². The number of unbranched alkanes of at least 4 members (excludes halogenated alkanes) is 2. The monoisotopic (exact) mass is 866 g/mol. The third kappa shape index (κ3) is 14.1. The molecule has 0 fully saturated rings. The van der Waals surface area contributed by atoms with Gasteiger partial charge in [-0.2, -0.15) is 31.0 Å². The minimum atomic E-state index is -1.85. The van der Waals surface area contributed by atoms with Crippen molar-refractivity contribution in [3.63, 3.8) is 0 Å². The van der Waals surface area contributed by atoms with Gasteiger partial charge in [0.15, 0.2) is 0 Å². The van der Waals surface area contributed by atoms with Crippen LogP contribution in [-0.2, 0) is 29.7 Å². The molecule has 6 rings (SSSR count). The van der Waals surface area contributed by atoms with Gasteiger partial charge in [-0.1, -0.05) is 116 Å². The van der Waals surface area contributed by atoms with Crippen LogP contribution in [0.2, 0.25) is 0 Å². The van der Waals surface area contributed by atoms with Gasteiger partial charge in [0, 0.05) is 0 Å². The first-order valence-electron chi connectivity index (χ1n) is 20.3. The summed E-state index contributed by atoms with van der Waals surface area (Å²) in [5.41, 5.74) is 16.5. The fraction of sp³-hybridized carbons (Fsp3) is 0.377. The van der Waals surface area contributed by atoms with Gasteiger partial charge in [0.2, 0.25) is 0 Å². The molecule has 0 atom stereocenters. The molecule has 304 valence electrons. The largest absolute Gasteiger partial charge is 0.214 e. The van der Waals surface area contributed by atoms with E-state index in [0.717, 1.165) is 12.8 Å². The Morgan fingerprint density at radius 1 is 0.571 bits per heavy atom. The van der Waals surface area contributed by atoms with Crippen molar-refractivity contribution in [2.45, 2.75) is 133 Å². The average Bonchev–Trinajstić information content (AvgIpc) is 3.78. The van der Waals surface area contributed by atoms with E-state index in [-0.39, 0.29) is 10.8 Å². The number of benzene rings is 4. The van der Waals surface area contributed by atoms with Crippen LogP contribution in [0.1, 0.15) is 126 Å². The van der Waals surface area contributed by atoms with E-state index in [2.05, 4.69) is 170 Å². The van der Waals surface area contributed by atoms with Crippen molar-refractivity contribution >= 4 is 42.8 Å². The molecule has 56 heavy (non-hydrogen) atoms. The van der Waals surface area contributed by atoms with Crippen molar-refractivity contribution in [3.05, 3.63) is 143 Å². The predicted molar refractivity (Wildman–Crippen MR) is 255 cm³/mol. The third-order valence-electron chi connectivity index (χ3n) is 9.75. The summed E-state index contributed by atoms with van der Waals surface area (Å²) in [4.78, 5) is 0. The minimum absolute atomic E-state index is 0.0276. The molecule has 0 nitrogen and oxygen atoms in total. The second-order valence-electron chi connectivity index (χ2n) is 17.2. The van der Waals surface area contributed by atoms with Crippen molar-refractivity contribution in [1.29, 1.82) is 0 Å². The molecule has 0 spiro atoms. The summed E-state index contributed by atoms with van der Waals surface area (Å²) >= 11 is -1.85. The molecular weight excluding hydrogens is 799 g/mol. The van der Waals surface area contributed by atoms with Gasteiger partial charge in [-0.25, -0.2) is 12.1 Å². The molecule has 0 heterocycles. The number of hydrogen-bond acceptors (Lipinski definition) is 0. The van der Waals surface area contributed by atoms with E-state index in [1.54, 1.807) is 0 Å².